The van der Waals surface area contributed by atoms with Crippen molar-refractivity contribution in [1.29, 1.82) is 0 Å². The van der Waals surface area contributed by atoms with E-state index in [2.05, 4.69) is 20.3 Å². The van der Waals surface area contributed by atoms with Crippen LogP contribution in [0.3, 0.4) is 0 Å². The topological polar surface area (TPSA) is 46.0 Å². The first-order chi connectivity index (χ1) is 6.78. The molecule has 1 aliphatic heterocycles. The summed E-state index contributed by atoms with van der Waals surface area (Å²) in [5.74, 6) is 0.921. The van der Waals surface area contributed by atoms with Crippen molar-refractivity contribution in [3.63, 3.8) is 0 Å². The molecule has 14 heavy (non-hydrogen) atoms. The molecule has 0 radical (unpaired) electrons. The molecule has 0 amide bonds. The largest absolute Gasteiger partial charge is 0.316 e. The van der Waals surface area contributed by atoms with E-state index < -0.39 is 0 Å². The fourth-order valence-electron chi connectivity index (χ4n) is 1.87. The van der Waals surface area contributed by atoms with Crippen molar-refractivity contribution in [3.8, 4) is 0 Å². The summed E-state index contributed by atoms with van der Waals surface area (Å²) in [5, 5.41) is 7.57. The summed E-state index contributed by atoms with van der Waals surface area (Å²) in [6.07, 6.45) is 2.98. The van der Waals surface area contributed by atoms with Crippen molar-refractivity contribution in [2.45, 2.75) is 19.0 Å². The predicted molar refractivity (Wildman–Crippen MR) is 53.7 cm³/mol. The van der Waals surface area contributed by atoms with Gasteiger partial charge in [-0.1, -0.05) is 0 Å². The van der Waals surface area contributed by atoms with Crippen LogP contribution in [0.4, 0.5) is 0 Å². The summed E-state index contributed by atoms with van der Waals surface area (Å²) in [7, 11) is 3.92. The zero-order chi connectivity index (χ0) is 9.97. The Morgan fingerprint density at radius 1 is 1.64 bits per heavy atom. The zero-order valence-corrected chi connectivity index (χ0v) is 8.77. The van der Waals surface area contributed by atoms with Crippen molar-refractivity contribution in [1.82, 2.24) is 25.0 Å². The van der Waals surface area contributed by atoms with Crippen molar-refractivity contribution in [2.75, 3.05) is 20.1 Å². The van der Waals surface area contributed by atoms with Gasteiger partial charge in [0.15, 0.2) is 5.82 Å². The molecule has 1 aliphatic rings. The second-order valence-electron chi connectivity index (χ2n) is 3.84. The van der Waals surface area contributed by atoms with Crippen LogP contribution in [0.2, 0.25) is 0 Å². The Labute approximate surface area is 84.1 Å². The molecular formula is C9H17N5. The van der Waals surface area contributed by atoms with Gasteiger partial charge < -0.3 is 5.32 Å². The summed E-state index contributed by atoms with van der Waals surface area (Å²) < 4.78 is 1.75. The van der Waals surface area contributed by atoms with E-state index in [4.69, 9.17) is 0 Å². The highest BCUT2D eigenvalue weighted by molar-refractivity contribution is 4.86. The zero-order valence-electron chi connectivity index (χ0n) is 8.77. The Balaban J connectivity index is 1.87. The van der Waals surface area contributed by atoms with Gasteiger partial charge in [-0.3, -0.25) is 9.58 Å². The Morgan fingerprint density at radius 3 is 3.07 bits per heavy atom. The number of nitrogens with zero attached hydrogens (tertiary/aromatic N) is 4. The van der Waals surface area contributed by atoms with Crippen molar-refractivity contribution in [2.24, 2.45) is 7.05 Å². The first-order valence-electron chi connectivity index (χ1n) is 5.02. The third kappa shape index (κ3) is 2.10. The van der Waals surface area contributed by atoms with E-state index in [1.54, 1.807) is 11.0 Å². The average molecular weight is 195 g/mol. The molecule has 2 rings (SSSR count). The summed E-state index contributed by atoms with van der Waals surface area (Å²) >= 11 is 0. The van der Waals surface area contributed by atoms with Gasteiger partial charge in [-0.15, -0.1) is 0 Å². The van der Waals surface area contributed by atoms with E-state index in [0.29, 0.717) is 6.04 Å². The molecule has 1 fully saturated rings. The molecule has 1 aromatic heterocycles. The van der Waals surface area contributed by atoms with Gasteiger partial charge in [-0.05, 0) is 13.5 Å². The van der Waals surface area contributed by atoms with Gasteiger partial charge in [0.2, 0.25) is 0 Å². The molecular weight excluding hydrogens is 178 g/mol. The lowest BCUT2D eigenvalue weighted by Crippen LogP contribution is -2.29. The van der Waals surface area contributed by atoms with Crippen LogP contribution >= 0.6 is 0 Å². The van der Waals surface area contributed by atoms with E-state index in [0.717, 1.165) is 25.5 Å². The molecule has 1 atom stereocenters. The lowest BCUT2D eigenvalue weighted by atomic mass is 10.3. The maximum atomic E-state index is 4.27. The van der Waals surface area contributed by atoms with Gasteiger partial charge in [0.1, 0.15) is 6.33 Å². The van der Waals surface area contributed by atoms with Crippen LogP contribution < -0.4 is 5.32 Å². The highest BCUT2D eigenvalue weighted by atomic mass is 15.3. The van der Waals surface area contributed by atoms with Crippen LogP contribution in [-0.2, 0) is 13.6 Å². The van der Waals surface area contributed by atoms with Crippen LogP contribution in [0.1, 0.15) is 12.2 Å². The number of rotatable bonds is 3. The molecule has 2 heterocycles. The fourth-order valence-corrected chi connectivity index (χ4v) is 1.87. The molecule has 1 unspecified atom stereocenters. The summed E-state index contributed by atoms with van der Waals surface area (Å²) in [6.45, 7) is 3.12. The first kappa shape index (κ1) is 9.61. The number of likely N-dealkylation sites (N-methyl/N-ethyl adjacent to an activating group) is 1. The van der Waals surface area contributed by atoms with E-state index in [1.165, 1.54) is 6.42 Å². The molecule has 5 heteroatoms. The Kier molecular flexibility index (Phi) is 2.79. The van der Waals surface area contributed by atoms with E-state index >= 15 is 0 Å². The number of hydrogen-bond acceptors (Lipinski definition) is 4. The van der Waals surface area contributed by atoms with Gasteiger partial charge in [-0.25, -0.2) is 4.98 Å². The number of aromatic nitrogens is 3. The Hall–Kier alpha value is -0.940. The molecule has 1 saturated heterocycles. The van der Waals surface area contributed by atoms with Crippen molar-refractivity contribution in [3.05, 3.63) is 12.2 Å². The third-order valence-electron chi connectivity index (χ3n) is 2.69. The van der Waals surface area contributed by atoms with Crippen LogP contribution in [0.25, 0.3) is 0 Å². The molecule has 1 N–H and O–H groups in total. The number of aryl methyl sites for hydroxylation is 1. The van der Waals surface area contributed by atoms with Gasteiger partial charge in [0, 0.05) is 26.2 Å². The maximum Gasteiger partial charge on any atom is 0.164 e. The van der Waals surface area contributed by atoms with E-state index in [9.17, 15) is 0 Å². The highest BCUT2D eigenvalue weighted by Crippen LogP contribution is 2.10. The number of hydrogen-bond donors (Lipinski definition) is 1. The lowest BCUT2D eigenvalue weighted by Gasteiger charge is -2.13. The van der Waals surface area contributed by atoms with Crippen molar-refractivity contribution >= 4 is 0 Å². The predicted octanol–water partition coefficient (Wildman–Crippen LogP) is -0.391. The molecule has 1 aromatic rings. The van der Waals surface area contributed by atoms with Gasteiger partial charge in [0.25, 0.3) is 0 Å². The van der Waals surface area contributed by atoms with E-state index in [1.807, 2.05) is 14.1 Å². The third-order valence-corrected chi connectivity index (χ3v) is 2.69. The quantitative estimate of drug-likeness (QED) is 0.713. The standard InChI is InChI=1S/C9H17N5/c1-10-8-3-4-14(5-8)6-9-11-7-13(2)12-9/h7-8,10H,3-6H2,1-2H3. The molecule has 5 nitrogen and oxygen atoms in total. The maximum absolute atomic E-state index is 4.27. The minimum atomic E-state index is 0.638. The molecule has 0 aliphatic carbocycles. The number of likely N-dealkylation sites (tertiary alicyclic amines) is 1. The van der Waals surface area contributed by atoms with Gasteiger partial charge in [-0.2, -0.15) is 5.10 Å². The smallest absolute Gasteiger partial charge is 0.164 e. The van der Waals surface area contributed by atoms with Gasteiger partial charge >= 0.3 is 0 Å². The fraction of sp³-hybridized carbons (Fsp3) is 0.778. The monoisotopic (exact) mass is 195 g/mol. The Bertz CT molecular complexity index is 295. The van der Waals surface area contributed by atoms with Gasteiger partial charge in [0.05, 0.1) is 6.54 Å². The van der Waals surface area contributed by atoms with Crippen LogP contribution in [0.15, 0.2) is 6.33 Å². The van der Waals surface area contributed by atoms with Crippen LogP contribution in [0, 0.1) is 0 Å². The summed E-state index contributed by atoms with van der Waals surface area (Å²) in [6, 6.07) is 0.638. The minimum Gasteiger partial charge on any atom is -0.316 e. The molecule has 78 valence electrons. The van der Waals surface area contributed by atoms with Crippen LogP contribution in [-0.4, -0.2) is 45.8 Å². The second kappa shape index (κ2) is 4.06. The Morgan fingerprint density at radius 2 is 2.50 bits per heavy atom. The van der Waals surface area contributed by atoms with Crippen LogP contribution in [0.5, 0.6) is 0 Å². The second-order valence-corrected chi connectivity index (χ2v) is 3.84. The molecule has 0 aromatic carbocycles. The first-order valence-corrected chi connectivity index (χ1v) is 5.02. The lowest BCUT2D eigenvalue weighted by molar-refractivity contribution is 0.313. The summed E-state index contributed by atoms with van der Waals surface area (Å²) in [5.41, 5.74) is 0. The molecule has 0 saturated carbocycles. The number of nitrogens with one attached hydrogen (secondary N) is 1. The minimum absolute atomic E-state index is 0.638. The normalized spacial score (nSPS) is 23.1. The van der Waals surface area contributed by atoms with Crippen molar-refractivity contribution < 1.29 is 0 Å². The average Bonchev–Trinajstić information content (AvgIpc) is 2.76. The SMILES string of the molecule is CNC1CCN(Cc2ncn(C)n2)C1. The molecule has 0 spiro atoms. The highest BCUT2D eigenvalue weighted by Gasteiger charge is 2.21. The molecule has 0 bridgehead atoms. The summed E-state index contributed by atoms with van der Waals surface area (Å²) in [4.78, 5) is 6.61. The van der Waals surface area contributed by atoms with E-state index in [-0.39, 0.29) is 0 Å².